The van der Waals surface area contributed by atoms with E-state index >= 15 is 0 Å². The quantitative estimate of drug-likeness (QED) is 0.320. The first kappa shape index (κ1) is 23.9. The van der Waals surface area contributed by atoms with Crippen molar-refractivity contribution in [3.05, 3.63) is 47.0 Å². The van der Waals surface area contributed by atoms with Crippen molar-refractivity contribution in [1.29, 1.82) is 0 Å². The third-order valence-electron chi connectivity index (χ3n) is 5.83. The van der Waals surface area contributed by atoms with Crippen molar-refractivity contribution < 1.29 is 4.74 Å². The normalized spacial score (nSPS) is 19.0. The van der Waals surface area contributed by atoms with Gasteiger partial charge in [-0.05, 0) is 43.5 Å². The van der Waals surface area contributed by atoms with Crippen molar-refractivity contribution in [2.45, 2.75) is 58.0 Å². The van der Waals surface area contributed by atoms with Gasteiger partial charge in [0.15, 0.2) is 11.8 Å². The van der Waals surface area contributed by atoms with Crippen LogP contribution in [-0.2, 0) is 37.4 Å². The molecule has 1 aromatic heterocycles. The van der Waals surface area contributed by atoms with Crippen molar-refractivity contribution >= 4 is 29.9 Å². The van der Waals surface area contributed by atoms with Crippen molar-refractivity contribution in [2.24, 2.45) is 4.99 Å². The number of ether oxygens (including phenoxy) is 1. The highest BCUT2D eigenvalue weighted by molar-refractivity contribution is 14.0. The minimum atomic E-state index is 0. The zero-order valence-corrected chi connectivity index (χ0v) is 20.8. The molecule has 1 saturated heterocycles. The number of rotatable bonds is 7. The van der Waals surface area contributed by atoms with Gasteiger partial charge in [-0.1, -0.05) is 24.3 Å². The number of hydrogen-bond donors (Lipinski definition) is 2. The number of halogens is 1. The van der Waals surface area contributed by atoms with Gasteiger partial charge in [-0.3, -0.25) is 9.89 Å². The zero-order chi connectivity index (χ0) is 20.8. The summed E-state index contributed by atoms with van der Waals surface area (Å²) in [6.07, 6.45) is 4.59. The zero-order valence-electron chi connectivity index (χ0n) is 18.5. The fraction of sp³-hybridized carbons (Fsp3) is 0.591. The van der Waals surface area contributed by atoms with Gasteiger partial charge in [-0.25, -0.2) is 9.67 Å². The molecule has 0 amide bonds. The minimum Gasteiger partial charge on any atom is -0.377 e. The summed E-state index contributed by atoms with van der Waals surface area (Å²) in [5.41, 5.74) is 2.65. The molecule has 2 aromatic rings. The summed E-state index contributed by atoms with van der Waals surface area (Å²) < 4.78 is 7.13. The third kappa shape index (κ3) is 6.63. The summed E-state index contributed by atoms with van der Waals surface area (Å²) in [5, 5.41) is 11.5. The van der Waals surface area contributed by atoms with Gasteiger partial charge < -0.3 is 15.4 Å². The second-order valence-electron chi connectivity index (χ2n) is 8.16. The Kier molecular flexibility index (Phi) is 9.09. The molecule has 0 saturated carbocycles. The molecule has 1 aromatic carbocycles. The highest BCUT2D eigenvalue weighted by Gasteiger charge is 2.22. The largest absolute Gasteiger partial charge is 0.377 e. The van der Waals surface area contributed by atoms with Crippen LogP contribution in [0.3, 0.4) is 0 Å². The third-order valence-corrected chi connectivity index (χ3v) is 5.83. The van der Waals surface area contributed by atoms with Crippen LogP contribution in [-0.4, -0.2) is 58.9 Å². The lowest BCUT2D eigenvalue weighted by atomic mass is 10.1. The maximum atomic E-state index is 5.14. The van der Waals surface area contributed by atoms with Gasteiger partial charge in [0.2, 0.25) is 0 Å². The molecule has 9 heteroatoms. The first-order valence-electron chi connectivity index (χ1n) is 10.9. The number of benzene rings is 1. The molecule has 0 bridgehead atoms. The fourth-order valence-electron chi connectivity index (χ4n) is 4.20. The van der Waals surface area contributed by atoms with E-state index in [1.807, 2.05) is 11.7 Å². The fourth-order valence-corrected chi connectivity index (χ4v) is 4.20. The van der Waals surface area contributed by atoms with Crippen molar-refractivity contribution in [3.63, 3.8) is 0 Å². The molecule has 170 valence electrons. The van der Waals surface area contributed by atoms with E-state index < -0.39 is 0 Å². The Hall–Kier alpha value is -1.72. The molecule has 0 spiro atoms. The van der Waals surface area contributed by atoms with Crippen LogP contribution in [0, 0.1) is 0 Å². The molecule has 0 radical (unpaired) electrons. The lowest BCUT2D eigenvalue weighted by Gasteiger charge is -2.25. The number of likely N-dealkylation sites (tertiary alicyclic amines) is 1. The summed E-state index contributed by atoms with van der Waals surface area (Å²) in [4.78, 5) is 11.5. The van der Waals surface area contributed by atoms with Gasteiger partial charge in [-0.2, -0.15) is 5.10 Å². The van der Waals surface area contributed by atoms with Crippen LogP contribution < -0.4 is 10.6 Å². The summed E-state index contributed by atoms with van der Waals surface area (Å²) in [5.74, 6) is 2.61. The molecule has 1 unspecified atom stereocenters. The molecule has 8 nitrogen and oxygen atoms in total. The SMILES string of the molecule is CN=C(NCc1ccc(CN2CCCC2)cc1)NC1CCc2nc(COC)nn2C1.I. The highest BCUT2D eigenvalue weighted by Crippen LogP contribution is 2.15. The predicted octanol–water partition coefficient (Wildman–Crippen LogP) is 2.32. The number of fused-ring (bicyclic) bond motifs is 1. The summed E-state index contributed by atoms with van der Waals surface area (Å²) in [6, 6.07) is 9.20. The standard InChI is InChI=1S/C22H33N7O.HI/c1-23-22(25-19-9-10-21-26-20(16-30-2)27-29(21)15-19)24-13-17-5-7-18(8-6-17)14-28-11-3-4-12-28;/h5-8,19H,3-4,9-16H2,1-2H3,(H2,23,24,25);1H. The molecule has 31 heavy (non-hydrogen) atoms. The second-order valence-corrected chi connectivity index (χ2v) is 8.16. The van der Waals surface area contributed by atoms with E-state index in [1.165, 1.54) is 37.1 Å². The van der Waals surface area contributed by atoms with E-state index in [9.17, 15) is 0 Å². The monoisotopic (exact) mass is 539 g/mol. The number of nitrogens with zero attached hydrogens (tertiary/aromatic N) is 5. The molecule has 3 heterocycles. The first-order valence-corrected chi connectivity index (χ1v) is 10.9. The lowest BCUT2D eigenvalue weighted by Crippen LogP contribution is -2.46. The van der Waals surface area contributed by atoms with Gasteiger partial charge >= 0.3 is 0 Å². The number of hydrogen-bond acceptors (Lipinski definition) is 5. The maximum absolute atomic E-state index is 5.14. The van der Waals surface area contributed by atoms with Gasteiger partial charge in [0.25, 0.3) is 0 Å². The van der Waals surface area contributed by atoms with Crippen LogP contribution in [0.2, 0.25) is 0 Å². The molecule has 2 aliphatic heterocycles. The molecular formula is C22H34IN7O. The molecular weight excluding hydrogens is 505 g/mol. The number of aliphatic imine (C=N–C) groups is 1. The Morgan fingerprint density at radius 1 is 1.19 bits per heavy atom. The molecule has 4 rings (SSSR count). The van der Waals surface area contributed by atoms with Gasteiger partial charge in [0.1, 0.15) is 12.4 Å². The van der Waals surface area contributed by atoms with Crippen LogP contribution in [0.25, 0.3) is 0 Å². The number of methoxy groups -OCH3 is 1. The number of aryl methyl sites for hydroxylation is 1. The van der Waals surface area contributed by atoms with E-state index in [-0.39, 0.29) is 30.0 Å². The number of nitrogens with one attached hydrogen (secondary N) is 2. The Balaban J connectivity index is 0.00000272. The molecule has 1 atom stereocenters. The summed E-state index contributed by atoms with van der Waals surface area (Å²) in [7, 11) is 3.48. The summed E-state index contributed by atoms with van der Waals surface area (Å²) >= 11 is 0. The van der Waals surface area contributed by atoms with Gasteiger partial charge in [0.05, 0.1) is 6.54 Å². The highest BCUT2D eigenvalue weighted by atomic mass is 127. The minimum absolute atomic E-state index is 0. The predicted molar refractivity (Wildman–Crippen MR) is 133 cm³/mol. The van der Waals surface area contributed by atoms with Crippen molar-refractivity contribution in [1.82, 2.24) is 30.3 Å². The Bertz CT molecular complexity index is 846. The second kappa shape index (κ2) is 11.8. The molecule has 2 aliphatic rings. The molecule has 2 N–H and O–H groups in total. The van der Waals surface area contributed by atoms with E-state index in [2.05, 4.69) is 54.9 Å². The number of guanidine groups is 1. The van der Waals surface area contributed by atoms with Crippen LogP contribution >= 0.6 is 24.0 Å². The van der Waals surface area contributed by atoms with Gasteiger partial charge in [0, 0.05) is 39.7 Å². The summed E-state index contributed by atoms with van der Waals surface area (Å²) in [6.45, 7) is 5.53. The average molecular weight is 539 g/mol. The first-order chi connectivity index (χ1) is 14.7. The number of aromatic nitrogens is 3. The van der Waals surface area contributed by atoms with E-state index in [4.69, 9.17) is 4.74 Å². The van der Waals surface area contributed by atoms with E-state index in [1.54, 1.807) is 7.11 Å². The molecule has 1 fully saturated rings. The van der Waals surface area contributed by atoms with Gasteiger partial charge in [-0.15, -0.1) is 24.0 Å². The molecule has 0 aliphatic carbocycles. The Morgan fingerprint density at radius 2 is 1.94 bits per heavy atom. The average Bonchev–Trinajstić information content (AvgIpc) is 3.41. The maximum Gasteiger partial charge on any atom is 0.191 e. The van der Waals surface area contributed by atoms with E-state index in [0.717, 1.165) is 50.1 Å². The van der Waals surface area contributed by atoms with Crippen molar-refractivity contribution in [2.75, 3.05) is 27.2 Å². The van der Waals surface area contributed by atoms with Crippen LogP contribution in [0.5, 0.6) is 0 Å². The lowest BCUT2D eigenvalue weighted by molar-refractivity contribution is 0.177. The topological polar surface area (TPSA) is 79.6 Å². The Labute approximate surface area is 201 Å². The van der Waals surface area contributed by atoms with Crippen molar-refractivity contribution in [3.8, 4) is 0 Å². The van der Waals surface area contributed by atoms with Crippen LogP contribution in [0.4, 0.5) is 0 Å². The van der Waals surface area contributed by atoms with E-state index in [0.29, 0.717) is 6.61 Å². The smallest absolute Gasteiger partial charge is 0.191 e. The Morgan fingerprint density at radius 3 is 2.65 bits per heavy atom. The van der Waals surface area contributed by atoms with Crippen LogP contribution in [0.1, 0.15) is 42.0 Å². The van der Waals surface area contributed by atoms with Crippen LogP contribution in [0.15, 0.2) is 29.3 Å².